The average Bonchev–Trinajstić information content (AvgIpc) is 2.64. The maximum absolute atomic E-state index is 12.2. The quantitative estimate of drug-likeness (QED) is 0.652. The highest BCUT2D eigenvalue weighted by Gasteiger charge is 2.02. The van der Waals surface area contributed by atoms with Crippen molar-refractivity contribution in [1.29, 1.82) is 0 Å². The smallest absolute Gasteiger partial charge is 0.257 e. The van der Waals surface area contributed by atoms with Crippen molar-refractivity contribution >= 4 is 17.7 Å². The van der Waals surface area contributed by atoms with Gasteiger partial charge in [-0.25, -0.2) is 0 Å². The fourth-order valence-electron chi connectivity index (χ4n) is 2.41. The fraction of sp³-hybridized carbons (Fsp3) is 0.143. The molecule has 0 unspecified atom stereocenters. The van der Waals surface area contributed by atoms with Gasteiger partial charge in [-0.3, -0.25) is 4.79 Å². The molecular weight excluding hydrogens is 328 g/mol. The molecule has 4 heteroatoms. The lowest BCUT2D eigenvalue weighted by Gasteiger charge is -2.08. The molecule has 1 aromatic heterocycles. The lowest BCUT2D eigenvalue weighted by Crippen LogP contribution is -2.22. The third-order valence-electron chi connectivity index (χ3n) is 3.73. The number of hydrogen-bond donors (Lipinski definition) is 0. The van der Waals surface area contributed by atoms with E-state index in [0.717, 1.165) is 4.90 Å². The number of thioether (sulfide) groups is 1. The lowest BCUT2D eigenvalue weighted by molar-refractivity contribution is -0.115. The normalized spacial score (nSPS) is 11.5. The molecule has 0 radical (unpaired) electrons. The van der Waals surface area contributed by atoms with Crippen molar-refractivity contribution in [2.24, 2.45) is 4.99 Å². The summed E-state index contributed by atoms with van der Waals surface area (Å²) in [6, 6.07) is 24.0. The number of aromatic nitrogens is 1. The maximum Gasteiger partial charge on any atom is 0.257 e. The van der Waals surface area contributed by atoms with Crippen molar-refractivity contribution in [3.63, 3.8) is 0 Å². The Bertz CT molecular complexity index is 899. The highest BCUT2D eigenvalue weighted by atomic mass is 32.2. The molecule has 1 heterocycles. The van der Waals surface area contributed by atoms with E-state index in [9.17, 15) is 4.79 Å². The summed E-state index contributed by atoms with van der Waals surface area (Å²) in [6.45, 7) is 2.77. The van der Waals surface area contributed by atoms with Crippen LogP contribution >= 0.6 is 11.8 Å². The monoisotopic (exact) mass is 348 g/mol. The van der Waals surface area contributed by atoms with E-state index in [4.69, 9.17) is 0 Å². The lowest BCUT2D eigenvalue weighted by atomic mass is 10.1. The Labute approximate surface area is 152 Å². The first-order valence-corrected chi connectivity index (χ1v) is 9.16. The third kappa shape index (κ3) is 5.19. The summed E-state index contributed by atoms with van der Waals surface area (Å²) in [5.74, 6) is 0.210. The van der Waals surface area contributed by atoms with Crippen molar-refractivity contribution in [3.05, 3.63) is 95.6 Å². The first-order chi connectivity index (χ1) is 12.2. The van der Waals surface area contributed by atoms with Crippen molar-refractivity contribution in [1.82, 2.24) is 4.57 Å². The van der Waals surface area contributed by atoms with Crippen molar-refractivity contribution in [3.8, 4) is 0 Å². The van der Waals surface area contributed by atoms with Gasteiger partial charge < -0.3 is 4.57 Å². The predicted octanol–water partition coefficient (Wildman–Crippen LogP) is 4.06. The van der Waals surface area contributed by atoms with Crippen LogP contribution in [0.4, 0.5) is 0 Å². The SMILES string of the molecule is Cc1ccc(Cn2ccccc2=NC(=O)CSc2ccccc2)cc1. The van der Waals surface area contributed by atoms with Crippen LogP contribution in [0.15, 0.2) is 88.9 Å². The first kappa shape index (κ1) is 17.2. The molecule has 0 atom stereocenters. The van der Waals surface area contributed by atoms with Crippen LogP contribution < -0.4 is 5.49 Å². The largest absolute Gasteiger partial charge is 0.328 e. The van der Waals surface area contributed by atoms with Gasteiger partial charge in [0.1, 0.15) is 5.49 Å². The molecule has 3 aromatic rings. The Morgan fingerprint density at radius 1 is 0.960 bits per heavy atom. The summed E-state index contributed by atoms with van der Waals surface area (Å²) in [6.07, 6.45) is 1.95. The molecule has 126 valence electrons. The van der Waals surface area contributed by atoms with Gasteiger partial charge >= 0.3 is 0 Å². The van der Waals surface area contributed by atoms with Gasteiger partial charge in [0.25, 0.3) is 5.91 Å². The zero-order valence-corrected chi connectivity index (χ0v) is 14.9. The molecule has 25 heavy (non-hydrogen) atoms. The van der Waals surface area contributed by atoms with E-state index >= 15 is 0 Å². The number of carbonyl (C=O) groups excluding carboxylic acids is 1. The van der Waals surface area contributed by atoms with Gasteiger partial charge in [0.2, 0.25) is 0 Å². The Morgan fingerprint density at radius 2 is 1.68 bits per heavy atom. The molecule has 2 aromatic carbocycles. The number of hydrogen-bond acceptors (Lipinski definition) is 2. The van der Waals surface area contributed by atoms with Gasteiger partial charge in [-0.1, -0.05) is 54.1 Å². The standard InChI is InChI=1S/C21H20N2OS/c1-17-10-12-18(13-11-17)15-23-14-6-5-9-20(23)22-21(24)16-25-19-7-3-2-4-8-19/h2-14H,15-16H2,1H3. The van der Waals surface area contributed by atoms with Gasteiger partial charge in [-0.15, -0.1) is 11.8 Å². The van der Waals surface area contributed by atoms with Gasteiger partial charge in [0, 0.05) is 17.6 Å². The molecule has 0 spiro atoms. The second-order valence-corrected chi connectivity index (χ2v) is 6.83. The molecular formula is C21H20N2OS. The number of nitrogens with zero attached hydrogens (tertiary/aromatic N) is 2. The van der Waals surface area contributed by atoms with Crippen LogP contribution in [-0.4, -0.2) is 16.2 Å². The second-order valence-electron chi connectivity index (χ2n) is 5.78. The summed E-state index contributed by atoms with van der Waals surface area (Å²) in [5, 5.41) is 0. The van der Waals surface area contributed by atoms with Crippen LogP contribution in [0.3, 0.4) is 0 Å². The fourth-order valence-corrected chi connectivity index (χ4v) is 3.12. The van der Waals surface area contributed by atoms with E-state index in [0.29, 0.717) is 17.8 Å². The van der Waals surface area contributed by atoms with Crippen LogP contribution in [0.1, 0.15) is 11.1 Å². The topological polar surface area (TPSA) is 34.4 Å². The van der Waals surface area contributed by atoms with Gasteiger partial charge in [-0.2, -0.15) is 4.99 Å². The van der Waals surface area contributed by atoms with E-state index in [1.165, 1.54) is 22.9 Å². The van der Waals surface area contributed by atoms with Gasteiger partial charge in [0.05, 0.1) is 5.75 Å². The summed E-state index contributed by atoms with van der Waals surface area (Å²) < 4.78 is 2.00. The molecule has 0 fully saturated rings. The maximum atomic E-state index is 12.2. The number of rotatable bonds is 5. The van der Waals surface area contributed by atoms with E-state index in [1.807, 2.05) is 59.3 Å². The summed E-state index contributed by atoms with van der Waals surface area (Å²) in [7, 11) is 0. The molecule has 0 bridgehead atoms. The van der Waals surface area contributed by atoms with Crippen molar-refractivity contribution in [2.75, 3.05) is 5.75 Å². The summed E-state index contributed by atoms with van der Waals surface area (Å²) >= 11 is 1.51. The van der Waals surface area contributed by atoms with E-state index in [-0.39, 0.29) is 5.91 Å². The summed E-state index contributed by atoms with van der Waals surface area (Å²) in [5.41, 5.74) is 3.10. The molecule has 0 N–H and O–H groups in total. The summed E-state index contributed by atoms with van der Waals surface area (Å²) in [4.78, 5) is 17.6. The average molecular weight is 348 g/mol. The Balaban J connectivity index is 1.73. The zero-order valence-electron chi connectivity index (χ0n) is 14.1. The van der Waals surface area contributed by atoms with Crippen LogP contribution in [0.2, 0.25) is 0 Å². The molecule has 0 aliphatic rings. The number of benzene rings is 2. The van der Waals surface area contributed by atoms with Crippen LogP contribution in [-0.2, 0) is 11.3 Å². The van der Waals surface area contributed by atoms with Gasteiger partial charge in [0.15, 0.2) is 0 Å². The molecule has 0 aliphatic carbocycles. The number of amides is 1. The predicted molar refractivity (Wildman–Crippen MR) is 102 cm³/mol. The second kappa shape index (κ2) is 8.49. The van der Waals surface area contributed by atoms with E-state index < -0.39 is 0 Å². The minimum absolute atomic E-state index is 0.127. The van der Waals surface area contributed by atoms with Crippen LogP contribution in [0.25, 0.3) is 0 Å². The van der Waals surface area contributed by atoms with E-state index in [2.05, 4.69) is 36.2 Å². The number of pyridine rings is 1. The Kier molecular flexibility index (Phi) is 5.86. The zero-order chi connectivity index (χ0) is 17.5. The van der Waals surface area contributed by atoms with Crippen molar-refractivity contribution in [2.45, 2.75) is 18.4 Å². The first-order valence-electron chi connectivity index (χ1n) is 8.17. The highest BCUT2D eigenvalue weighted by Crippen LogP contribution is 2.16. The van der Waals surface area contributed by atoms with E-state index in [1.54, 1.807) is 0 Å². The number of aryl methyl sites for hydroxylation is 1. The highest BCUT2D eigenvalue weighted by molar-refractivity contribution is 8.00. The molecule has 3 rings (SSSR count). The van der Waals surface area contributed by atoms with Crippen molar-refractivity contribution < 1.29 is 4.79 Å². The van der Waals surface area contributed by atoms with Gasteiger partial charge in [-0.05, 0) is 36.8 Å². The van der Waals surface area contributed by atoms with Crippen LogP contribution in [0.5, 0.6) is 0 Å². The number of carbonyl (C=O) groups is 1. The molecule has 0 saturated heterocycles. The molecule has 1 amide bonds. The van der Waals surface area contributed by atoms with Crippen LogP contribution in [0, 0.1) is 6.92 Å². The Morgan fingerprint density at radius 3 is 2.44 bits per heavy atom. The third-order valence-corrected chi connectivity index (χ3v) is 4.73. The Hall–Kier alpha value is -2.59. The minimum atomic E-state index is -0.127. The molecule has 0 aliphatic heterocycles. The molecule has 0 saturated carbocycles. The molecule has 3 nitrogen and oxygen atoms in total. The minimum Gasteiger partial charge on any atom is -0.328 e.